The van der Waals surface area contributed by atoms with Gasteiger partial charge in [-0.2, -0.15) is 5.26 Å². The maximum absolute atomic E-state index is 11.1. The Kier molecular flexibility index (Phi) is 2.95. The van der Waals surface area contributed by atoms with Gasteiger partial charge in [0.1, 0.15) is 22.4 Å². The van der Waals surface area contributed by atoms with Crippen LogP contribution in [0.5, 0.6) is 5.75 Å². The van der Waals surface area contributed by atoms with Crippen LogP contribution in [0.2, 0.25) is 5.02 Å². The molecule has 0 radical (unpaired) electrons. The summed E-state index contributed by atoms with van der Waals surface area (Å²) < 4.78 is 4.41. The fraction of sp³-hybridized carbons (Fsp3) is 0.111. The SMILES string of the molecule is COC(=O)c1ccc(C#N)c(Cl)c1O. The van der Waals surface area contributed by atoms with Gasteiger partial charge in [0.05, 0.1) is 12.7 Å². The maximum Gasteiger partial charge on any atom is 0.341 e. The van der Waals surface area contributed by atoms with E-state index in [0.29, 0.717) is 0 Å². The van der Waals surface area contributed by atoms with Crippen molar-refractivity contribution in [2.24, 2.45) is 0 Å². The number of halogens is 1. The van der Waals surface area contributed by atoms with Crippen molar-refractivity contribution in [1.82, 2.24) is 0 Å². The molecule has 1 rings (SSSR count). The van der Waals surface area contributed by atoms with Crippen molar-refractivity contribution in [3.05, 3.63) is 28.3 Å². The van der Waals surface area contributed by atoms with Crippen LogP contribution in [-0.4, -0.2) is 18.2 Å². The normalized spacial score (nSPS) is 9.21. The van der Waals surface area contributed by atoms with Gasteiger partial charge in [-0.3, -0.25) is 0 Å². The number of hydrogen-bond acceptors (Lipinski definition) is 4. The highest BCUT2D eigenvalue weighted by molar-refractivity contribution is 6.33. The summed E-state index contributed by atoms with van der Waals surface area (Å²) >= 11 is 5.62. The van der Waals surface area contributed by atoms with Crippen LogP contribution in [0, 0.1) is 11.3 Å². The lowest BCUT2D eigenvalue weighted by atomic mass is 10.1. The third-order valence-corrected chi connectivity index (χ3v) is 2.02. The van der Waals surface area contributed by atoms with Crippen molar-refractivity contribution < 1.29 is 14.6 Å². The Bertz CT molecular complexity index is 423. The standard InChI is InChI=1S/C9H6ClNO3/c1-14-9(13)6-3-2-5(4-11)7(10)8(6)12/h2-3,12H,1H3. The van der Waals surface area contributed by atoms with Gasteiger partial charge >= 0.3 is 5.97 Å². The molecule has 0 fully saturated rings. The van der Waals surface area contributed by atoms with Crippen molar-refractivity contribution in [3.63, 3.8) is 0 Å². The molecular weight excluding hydrogens is 206 g/mol. The van der Waals surface area contributed by atoms with Crippen molar-refractivity contribution in [2.75, 3.05) is 7.11 Å². The fourth-order valence-electron chi connectivity index (χ4n) is 0.926. The van der Waals surface area contributed by atoms with Crippen molar-refractivity contribution >= 4 is 17.6 Å². The lowest BCUT2D eigenvalue weighted by molar-refractivity contribution is 0.0597. The highest BCUT2D eigenvalue weighted by Crippen LogP contribution is 2.30. The molecule has 0 amide bonds. The summed E-state index contributed by atoms with van der Waals surface area (Å²) in [5.41, 5.74) is 0.0494. The third-order valence-electron chi connectivity index (χ3n) is 1.64. The van der Waals surface area contributed by atoms with Crippen LogP contribution in [0.3, 0.4) is 0 Å². The van der Waals surface area contributed by atoms with Crippen LogP contribution in [0.4, 0.5) is 0 Å². The summed E-state index contributed by atoms with van der Waals surface area (Å²) in [5.74, 6) is -1.13. The molecule has 0 aliphatic heterocycles. The van der Waals surface area contributed by atoms with E-state index in [9.17, 15) is 9.90 Å². The minimum absolute atomic E-state index is 0.0588. The van der Waals surface area contributed by atoms with E-state index < -0.39 is 11.7 Å². The number of carbonyl (C=O) groups is 1. The Hall–Kier alpha value is -1.73. The lowest BCUT2D eigenvalue weighted by Crippen LogP contribution is -2.02. The average molecular weight is 212 g/mol. The van der Waals surface area contributed by atoms with E-state index in [1.807, 2.05) is 0 Å². The Morgan fingerprint density at radius 3 is 2.79 bits per heavy atom. The van der Waals surface area contributed by atoms with Crippen molar-refractivity contribution in [1.29, 1.82) is 5.26 Å². The van der Waals surface area contributed by atoms with Crippen LogP contribution >= 0.6 is 11.6 Å². The second-order valence-corrected chi connectivity index (χ2v) is 2.80. The summed E-state index contributed by atoms with van der Waals surface area (Å²) in [5, 5.41) is 17.9. The smallest absolute Gasteiger partial charge is 0.341 e. The first-order chi connectivity index (χ1) is 6.61. The van der Waals surface area contributed by atoms with E-state index in [1.54, 1.807) is 6.07 Å². The van der Waals surface area contributed by atoms with Crippen molar-refractivity contribution in [3.8, 4) is 11.8 Å². The number of phenols is 1. The summed E-state index contributed by atoms with van der Waals surface area (Å²) in [6.07, 6.45) is 0. The minimum Gasteiger partial charge on any atom is -0.505 e. The maximum atomic E-state index is 11.1. The van der Waals surface area contributed by atoms with Crippen LogP contribution in [0.15, 0.2) is 12.1 Å². The molecule has 4 nitrogen and oxygen atoms in total. The number of nitrogens with zero attached hydrogens (tertiary/aromatic N) is 1. The molecule has 0 saturated carbocycles. The van der Waals surface area contributed by atoms with E-state index in [-0.39, 0.29) is 16.1 Å². The molecule has 1 aromatic carbocycles. The monoisotopic (exact) mass is 211 g/mol. The summed E-state index contributed by atoms with van der Waals surface area (Å²) in [7, 11) is 1.19. The minimum atomic E-state index is -0.700. The van der Waals surface area contributed by atoms with Gasteiger partial charge in [0.25, 0.3) is 0 Å². The number of rotatable bonds is 1. The Balaban J connectivity index is 3.33. The summed E-state index contributed by atoms with van der Waals surface area (Å²) in [6.45, 7) is 0. The number of ether oxygens (including phenoxy) is 1. The number of phenolic OH excluding ortho intramolecular Hbond substituents is 1. The molecule has 0 atom stereocenters. The molecule has 0 bridgehead atoms. The van der Waals surface area contributed by atoms with Gasteiger partial charge in [0.15, 0.2) is 0 Å². The molecule has 5 heteroatoms. The number of aromatic hydroxyl groups is 1. The molecule has 1 N–H and O–H groups in total. The molecule has 14 heavy (non-hydrogen) atoms. The fourth-order valence-corrected chi connectivity index (χ4v) is 1.13. The first-order valence-corrected chi connectivity index (χ1v) is 3.99. The van der Waals surface area contributed by atoms with E-state index in [1.165, 1.54) is 19.2 Å². The van der Waals surface area contributed by atoms with Gasteiger partial charge in [-0.25, -0.2) is 4.79 Å². The molecule has 0 aliphatic rings. The molecule has 1 aromatic rings. The number of methoxy groups -OCH3 is 1. The second-order valence-electron chi connectivity index (χ2n) is 2.43. The Morgan fingerprint density at radius 1 is 1.64 bits per heavy atom. The topological polar surface area (TPSA) is 70.3 Å². The molecule has 0 unspecified atom stereocenters. The first kappa shape index (κ1) is 10.4. The summed E-state index contributed by atoms with van der Waals surface area (Å²) in [4.78, 5) is 11.1. The number of nitriles is 1. The first-order valence-electron chi connectivity index (χ1n) is 3.61. The predicted molar refractivity (Wildman–Crippen MR) is 49.2 cm³/mol. The number of hydrogen-bond donors (Lipinski definition) is 1. The van der Waals surface area contributed by atoms with Crippen LogP contribution in [-0.2, 0) is 4.74 Å². The number of esters is 1. The van der Waals surface area contributed by atoms with Gasteiger partial charge in [-0.05, 0) is 12.1 Å². The van der Waals surface area contributed by atoms with Crippen LogP contribution in [0.25, 0.3) is 0 Å². The van der Waals surface area contributed by atoms with Gasteiger partial charge < -0.3 is 9.84 Å². The molecule has 72 valence electrons. The number of benzene rings is 1. The quantitative estimate of drug-likeness (QED) is 0.718. The van der Waals surface area contributed by atoms with Gasteiger partial charge in [-0.1, -0.05) is 11.6 Å². The molecular formula is C9H6ClNO3. The van der Waals surface area contributed by atoms with Gasteiger partial charge in [0.2, 0.25) is 0 Å². The molecule has 0 aliphatic carbocycles. The van der Waals surface area contributed by atoms with Gasteiger partial charge in [0, 0.05) is 0 Å². The van der Waals surface area contributed by atoms with E-state index >= 15 is 0 Å². The molecule has 0 saturated heterocycles. The molecule has 0 aromatic heterocycles. The van der Waals surface area contributed by atoms with E-state index in [2.05, 4.69) is 4.74 Å². The summed E-state index contributed by atoms with van der Waals surface area (Å²) in [6, 6.07) is 4.40. The third kappa shape index (κ3) is 1.63. The zero-order valence-corrected chi connectivity index (χ0v) is 8.00. The number of carbonyl (C=O) groups excluding carboxylic acids is 1. The average Bonchev–Trinajstić information content (AvgIpc) is 2.21. The Labute approximate surface area is 85.3 Å². The zero-order chi connectivity index (χ0) is 10.7. The van der Waals surface area contributed by atoms with Crippen LogP contribution in [0.1, 0.15) is 15.9 Å². The molecule has 0 spiro atoms. The zero-order valence-electron chi connectivity index (χ0n) is 7.24. The van der Waals surface area contributed by atoms with Crippen LogP contribution < -0.4 is 0 Å². The largest absolute Gasteiger partial charge is 0.505 e. The van der Waals surface area contributed by atoms with E-state index in [4.69, 9.17) is 16.9 Å². The highest BCUT2D eigenvalue weighted by Gasteiger charge is 2.16. The predicted octanol–water partition coefficient (Wildman–Crippen LogP) is 1.70. The molecule has 0 heterocycles. The van der Waals surface area contributed by atoms with E-state index in [0.717, 1.165) is 0 Å². The van der Waals surface area contributed by atoms with Gasteiger partial charge in [-0.15, -0.1) is 0 Å². The lowest BCUT2D eigenvalue weighted by Gasteiger charge is -2.04. The Morgan fingerprint density at radius 2 is 2.29 bits per heavy atom. The second kappa shape index (κ2) is 3.99. The highest BCUT2D eigenvalue weighted by atomic mass is 35.5. The van der Waals surface area contributed by atoms with Crippen molar-refractivity contribution in [2.45, 2.75) is 0 Å².